The molecule has 3 heteroatoms. The topological polar surface area (TPSA) is 44.9 Å². The summed E-state index contributed by atoms with van der Waals surface area (Å²) >= 11 is 0. The number of aromatic nitrogens is 1. The number of benzene rings is 1. The van der Waals surface area contributed by atoms with Crippen molar-refractivity contribution in [3.05, 3.63) is 46.2 Å². The second-order valence-corrected chi connectivity index (χ2v) is 7.11. The highest BCUT2D eigenvalue weighted by Gasteiger charge is 2.64. The Morgan fingerprint density at radius 2 is 1.90 bits per heavy atom. The zero-order valence-corrected chi connectivity index (χ0v) is 12.0. The third kappa shape index (κ3) is 1.73. The lowest BCUT2D eigenvalue weighted by Crippen LogP contribution is -2.26. The van der Waals surface area contributed by atoms with Crippen LogP contribution in [0.3, 0.4) is 0 Å². The van der Waals surface area contributed by atoms with Crippen molar-refractivity contribution < 1.29 is 0 Å². The smallest absolute Gasteiger partial charge is 0.252 e. The summed E-state index contributed by atoms with van der Waals surface area (Å²) in [5.41, 5.74) is 1.84. The van der Waals surface area contributed by atoms with Crippen LogP contribution in [-0.2, 0) is 6.54 Å². The number of aromatic amines is 1. The summed E-state index contributed by atoms with van der Waals surface area (Å²) in [6.45, 7) is 0.706. The van der Waals surface area contributed by atoms with Gasteiger partial charge < -0.3 is 10.3 Å². The Kier molecular flexibility index (Phi) is 2.40. The van der Waals surface area contributed by atoms with E-state index in [9.17, 15) is 4.79 Å². The Labute approximate surface area is 123 Å². The van der Waals surface area contributed by atoms with Gasteiger partial charge in [0.05, 0.1) is 0 Å². The van der Waals surface area contributed by atoms with Crippen LogP contribution >= 0.6 is 0 Å². The molecule has 3 aliphatic rings. The van der Waals surface area contributed by atoms with E-state index in [1.165, 1.54) is 19.3 Å². The van der Waals surface area contributed by atoms with Gasteiger partial charge in [0, 0.05) is 23.7 Å². The van der Waals surface area contributed by atoms with Crippen LogP contribution in [0.25, 0.3) is 10.9 Å². The largest absolute Gasteiger partial charge is 0.322 e. The van der Waals surface area contributed by atoms with Crippen molar-refractivity contribution >= 4 is 10.9 Å². The quantitative estimate of drug-likeness (QED) is 0.908. The second kappa shape index (κ2) is 4.20. The molecule has 0 spiro atoms. The van der Waals surface area contributed by atoms with Crippen molar-refractivity contribution in [2.24, 2.45) is 23.7 Å². The molecule has 21 heavy (non-hydrogen) atoms. The molecule has 2 N–H and O–H groups in total. The van der Waals surface area contributed by atoms with Crippen molar-refractivity contribution in [1.82, 2.24) is 10.3 Å². The fourth-order valence-corrected chi connectivity index (χ4v) is 5.15. The Morgan fingerprint density at radius 3 is 2.71 bits per heavy atom. The van der Waals surface area contributed by atoms with Crippen LogP contribution < -0.4 is 10.9 Å². The first-order chi connectivity index (χ1) is 10.3. The van der Waals surface area contributed by atoms with Gasteiger partial charge in [0.25, 0.3) is 5.56 Å². The van der Waals surface area contributed by atoms with Gasteiger partial charge in [-0.3, -0.25) is 4.79 Å². The number of hydrogen-bond donors (Lipinski definition) is 2. The zero-order valence-electron chi connectivity index (χ0n) is 12.0. The monoisotopic (exact) mass is 280 g/mol. The number of pyridine rings is 1. The fourth-order valence-electron chi connectivity index (χ4n) is 5.15. The van der Waals surface area contributed by atoms with Crippen molar-refractivity contribution in [3.8, 4) is 0 Å². The van der Waals surface area contributed by atoms with Gasteiger partial charge >= 0.3 is 0 Å². The first-order valence-corrected chi connectivity index (χ1v) is 8.15. The molecule has 5 rings (SSSR count). The van der Waals surface area contributed by atoms with Crippen LogP contribution in [-0.4, -0.2) is 11.0 Å². The molecule has 0 aliphatic heterocycles. The SMILES string of the molecule is O=c1[nH]c2ccccc2cc1CNC1C2C3CCC(C3)C12. The third-order valence-electron chi connectivity index (χ3n) is 6.09. The summed E-state index contributed by atoms with van der Waals surface area (Å²) in [5, 5.41) is 4.78. The van der Waals surface area contributed by atoms with Crippen LogP contribution in [0, 0.1) is 23.7 Å². The van der Waals surface area contributed by atoms with Crippen molar-refractivity contribution in [2.75, 3.05) is 0 Å². The lowest BCUT2D eigenvalue weighted by Gasteiger charge is -2.10. The Morgan fingerprint density at radius 1 is 1.14 bits per heavy atom. The first-order valence-electron chi connectivity index (χ1n) is 8.15. The molecule has 4 unspecified atom stereocenters. The maximum absolute atomic E-state index is 12.2. The van der Waals surface area contributed by atoms with Crippen LogP contribution in [0.4, 0.5) is 0 Å². The molecule has 3 fully saturated rings. The molecule has 0 amide bonds. The van der Waals surface area contributed by atoms with Gasteiger partial charge in [-0.1, -0.05) is 18.2 Å². The molecule has 1 aromatic carbocycles. The number of H-pyrrole nitrogens is 1. The summed E-state index contributed by atoms with van der Waals surface area (Å²) in [6.07, 6.45) is 4.37. The van der Waals surface area contributed by atoms with Gasteiger partial charge in [0.2, 0.25) is 0 Å². The molecular formula is C18H20N2O. The van der Waals surface area contributed by atoms with E-state index < -0.39 is 0 Å². The second-order valence-electron chi connectivity index (χ2n) is 7.11. The van der Waals surface area contributed by atoms with Crippen LogP contribution in [0.15, 0.2) is 35.1 Å². The molecule has 3 aliphatic carbocycles. The maximum Gasteiger partial charge on any atom is 0.252 e. The lowest BCUT2D eigenvalue weighted by molar-refractivity contribution is 0.456. The average Bonchev–Trinajstić information content (AvgIpc) is 2.88. The maximum atomic E-state index is 12.2. The van der Waals surface area contributed by atoms with E-state index >= 15 is 0 Å². The first kappa shape index (κ1) is 12.0. The van der Waals surface area contributed by atoms with Crippen molar-refractivity contribution in [1.29, 1.82) is 0 Å². The molecule has 1 aromatic heterocycles. The van der Waals surface area contributed by atoms with Gasteiger partial charge in [0.15, 0.2) is 0 Å². The van der Waals surface area contributed by atoms with Crippen LogP contribution in [0.1, 0.15) is 24.8 Å². The molecule has 2 aromatic rings. The number of fused-ring (bicyclic) bond motifs is 6. The van der Waals surface area contributed by atoms with Crippen LogP contribution in [0.2, 0.25) is 0 Å². The summed E-state index contributed by atoms with van der Waals surface area (Å²) in [6, 6.07) is 10.7. The average molecular weight is 280 g/mol. The highest BCUT2D eigenvalue weighted by molar-refractivity contribution is 5.78. The number of rotatable bonds is 3. The zero-order chi connectivity index (χ0) is 14.0. The van der Waals surface area contributed by atoms with E-state index in [1.807, 2.05) is 24.3 Å². The van der Waals surface area contributed by atoms with Crippen molar-refractivity contribution in [2.45, 2.75) is 31.8 Å². The van der Waals surface area contributed by atoms with Gasteiger partial charge in [-0.25, -0.2) is 0 Å². The highest BCUT2D eigenvalue weighted by Crippen LogP contribution is 2.65. The molecule has 2 bridgehead atoms. The Bertz CT molecular complexity index is 749. The van der Waals surface area contributed by atoms with E-state index in [0.717, 1.165) is 40.1 Å². The van der Waals surface area contributed by atoms with Crippen molar-refractivity contribution in [3.63, 3.8) is 0 Å². The minimum atomic E-state index is 0.0509. The summed E-state index contributed by atoms with van der Waals surface area (Å²) in [7, 11) is 0. The minimum Gasteiger partial charge on any atom is -0.322 e. The van der Waals surface area contributed by atoms with E-state index in [4.69, 9.17) is 0 Å². The van der Waals surface area contributed by atoms with E-state index in [2.05, 4.69) is 16.4 Å². The molecule has 1 heterocycles. The summed E-state index contributed by atoms with van der Waals surface area (Å²) in [4.78, 5) is 15.1. The lowest BCUT2D eigenvalue weighted by atomic mass is 10.0. The van der Waals surface area contributed by atoms with E-state index in [-0.39, 0.29) is 5.56 Å². The predicted molar refractivity (Wildman–Crippen MR) is 83.0 cm³/mol. The fraction of sp³-hybridized carbons (Fsp3) is 0.500. The molecule has 0 saturated heterocycles. The molecule has 3 saturated carbocycles. The number of hydrogen-bond acceptors (Lipinski definition) is 2. The molecule has 4 atom stereocenters. The van der Waals surface area contributed by atoms with E-state index in [1.54, 1.807) is 0 Å². The number of nitrogens with one attached hydrogen (secondary N) is 2. The molecule has 0 radical (unpaired) electrons. The van der Waals surface area contributed by atoms with Crippen LogP contribution in [0.5, 0.6) is 0 Å². The van der Waals surface area contributed by atoms with E-state index in [0.29, 0.717) is 12.6 Å². The third-order valence-corrected chi connectivity index (χ3v) is 6.09. The Balaban J connectivity index is 1.35. The highest BCUT2D eigenvalue weighted by atomic mass is 16.1. The normalized spacial score (nSPS) is 36.1. The molecule has 108 valence electrons. The number of para-hydroxylation sites is 1. The van der Waals surface area contributed by atoms with Gasteiger partial charge in [-0.2, -0.15) is 0 Å². The minimum absolute atomic E-state index is 0.0509. The molecular weight excluding hydrogens is 260 g/mol. The predicted octanol–water partition coefficient (Wildman–Crippen LogP) is 2.66. The van der Waals surface area contributed by atoms with Gasteiger partial charge in [-0.05, 0) is 60.5 Å². The Hall–Kier alpha value is -1.61. The van der Waals surface area contributed by atoms with Gasteiger partial charge in [-0.15, -0.1) is 0 Å². The van der Waals surface area contributed by atoms with Gasteiger partial charge in [0.1, 0.15) is 0 Å². The standard InChI is InChI=1S/C18H20N2O/c21-18-13(7-10-3-1-2-4-14(10)20-18)9-19-17-15-11-5-6-12(8-11)16(15)17/h1-4,7,11-12,15-17,19H,5-6,8-9H2,(H,20,21). The molecule has 3 nitrogen and oxygen atoms in total. The summed E-state index contributed by atoms with van der Waals surface area (Å²) < 4.78 is 0. The summed E-state index contributed by atoms with van der Waals surface area (Å²) in [5.74, 6) is 3.80.